The molecule has 2 atom stereocenters. The number of aryl methyl sites for hydroxylation is 1. The summed E-state index contributed by atoms with van der Waals surface area (Å²) in [5, 5.41) is 18.8. The topological polar surface area (TPSA) is 112 Å². The Labute approximate surface area is 182 Å². The van der Waals surface area contributed by atoms with E-state index in [9.17, 15) is 19.5 Å². The fraction of sp³-hybridized carbons (Fsp3) is 0.353. The van der Waals surface area contributed by atoms with Crippen molar-refractivity contribution in [3.05, 3.63) is 38.5 Å². The van der Waals surface area contributed by atoms with E-state index >= 15 is 0 Å². The Hall–Kier alpha value is -1.89. The van der Waals surface area contributed by atoms with Crippen LogP contribution in [-0.4, -0.2) is 60.3 Å². The van der Waals surface area contributed by atoms with Crippen LogP contribution < -0.4 is 5.32 Å². The first kappa shape index (κ1) is 20.4. The van der Waals surface area contributed by atoms with Crippen LogP contribution in [0.3, 0.4) is 0 Å². The number of thioether (sulfide) groups is 2. The summed E-state index contributed by atoms with van der Waals surface area (Å²) in [7, 11) is 0. The highest BCUT2D eigenvalue weighted by atomic mass is 32.2. The second-order valence-corrected chi connectivity index (χ2v) is 10.5. The van der Waals surface area contributed by atoms with E-state index in [4.69, 9.17) is 0 Å². The van der Waals surface area contributed by atoms with E-state index in [0.717, 1.165) is 14.8 Å². The first-order valence-electron chi connectivity index (χ1n) is 8.59. The van der Waals surface area contributed by atoms with E-state index in [2.05, 4.69) is 14.9 Å². The predicted molar refractivity (Wildman–Crippen MR) is 113 cm³/mol. The van der Waals surface area contributed by atoms with Crippen molar-refractivity contribution in [3.63, 3.8) is 0 Å². The number of aliphatic carboxylic acids is 1. The number of hydrogen-bond donors (Lipinski definition) is 2. The lowest BCUT2D eigenvalue weighted by molar-refractivity contribution is -0.150. The van der Waals surface area contributed by atoms with Crippen molar-refractivity contribution < 1.29 is 19.5 Å². The lowest BCUT2D eigenvalue weighted by Gasteiger charge is -2.49. The van der Waals surface area contributed by atoms with Gasteiger partial charge in [-0.1, -0.05) is 22.3 Å². The number of carbonyl (C=O) groups is 3. The van der Waals surface area contributed by atoms with Crippen LogP contribution in [0.2, 0.25) is 0 Å². The van der Waals surface area contributed by atoms with Crippen LogP contribution in [0, 0.1) is 6.92 Å². The second-order valence-electron chi connectivity index (χ2n) is 6.39. The standard InChI is InChI=1S/C17H16N4O4S4/c1-8-14(19-20-29-8)27-6-9-7-28-16-12(15(23)21(16)13(9)17(24)25)18-11(22)5-10-3-2-4-26-10/h2-4,12,16H,5-7H2,1H3,(H,18,22)(H,24,25)/t12-,16-/m1/s1. The predicted octanol–water partition coefficient (Wildman–Crippen LogP) is 1.98. The molecule has 0 spiro atoms. The molecule has 2 aromatic rings. The third-order valence-corrected chi connectivity index (χ3v) is 8.60. The molecule has 1 saturated heterocycles. The van der Waals surface area contributed by atoms with Gasteiger partial charge in [0.2, 0.25) is 5.91 Å². The molecule has 0 aliphatic carbocycles. The quantitative estimate of drug-likeness (QED) is 0.469. The Morgan fingerprint density at radius 2 is 2.28 bits per heavy atom. The Kier molecular flexibility index (Phi) is 5.95. The van der Waals surface area contributed by atoms with Gasteiger partial charge < -0.3 is 10.4 Å². The van der Waals surface area contributed by atoms with Gasteiger partial charge in [-0.3, -0.25) is 14.5 Å². The molecule has 0 unspecified atom stereocenters. The normalized spacial score (nSPS) is 21.0. The highest BCUT2D eigenvalue weighted by molar-refractivity contribution is 8.01. The number of nitrogens with zero attached hydrogens (tertiary/aromatic N) is 3. The van der Waals surface area contributed by atoms with Crippen LogP contribution in [0.4, 0.5) is 0 Å². The lowest BCUT2D eigenvalue weighted by Crippen LogP contribution is -2.70. The number of β-lactam (4-membered cyclic amide) rings is 1. The number of fused-ring (bicyclic) bond motifs is 1. The summed E-state index contributed by atoms with van der Waals surface area (Å²) >= 11 is 5.66. The Morgan fingerprint density at radius 1 is 1.45 bits per heavy atom. The minimum Gasteiger partial charge on any atom is -0.477 e. The maximum atomic E-state index is 12.7. The minimum atomic E-state index is -1.13. The SMILES string of the molecule is Cc1snnc1SCC1=C(C(=O)O)N2C(=O)[C@@H](NC(=O)Cc3cccs3)[C@H]2SC1. The monoisotopic (exact) mass is 468 g/mol. The second kappa shape index (κ2) is 8.46. The molecule has 0 bridgehead atoms. The molecule has 29 heavy (non-hydrogen) atoms. The average molecular weight is 469 g/mol. The number of thiophene rings is 1. The third kappa shape index (κ3) is 4.06. The van der Waals surface area contributed by atoms with Gasteiger partial charge in [0.15, 0.2) is 0 Å². The summed E-state index contributed by atoms with van der Waals surface area (Å²) in [6.07, 6.45) is 0.212. The summed E-state index contributed by atoms with van der Waals surface area (Å²) in [5.74, 6) is -0.840. The van der Waals surface area contributed by atoms with Crippen molar-refractivity contribution in [1.82, 2.24) is 19.8 Å². The maximum absolute atomic E-state index is 12.7. The van der Waals surface area contributed by atoms with E-state index < -0.39 is 17.4 Å². The van der Waals surface area contributed by atoms with Crippen molar-refractivity contribution in [3.8, 4) is 0 Å². The number of amides is 2. The van der Waals surface area contributed by atoms with Gasteiger partial charge in [0, 0.05) is 16.4 Å². The van der Waals surface area contributed by atoms with E-state index in [1.807, 2.05) is 24.4 Å². The zero-order valence-electron chi connectivity index (χ0n) is 15.2. The van der Waals surface area contributed by atoms with Crippen molar-refractivity contribution in [2.45, 2.75) is 29.8 Å². The molecule has 2 aliphatic heterocycles. The smallest absolute Gasteiger partial charge is 0.352 e. The average Bonchev–Trinajstić information content (AvgIpc) is 3.35. The summed E-state index contributed by atoms with van der Waals surface area (Å²) < 4.78 is 3.88. The van der Waals surface area contributed by atoms with E-state index in [1.54, 1.807) is 0 Å². The van der Waals surface area contributed by atoms with Gasteiger partial charge in [0.1, 0.15) is 22.1 Å². The molecule has 0 saturated carbocycles. The number of carbonyl (C=O) groups excluding carboxylic acids is 2. The van der Waals surface area contributed by atoms with Gasteiger partial charge in [0.25, 0.3) is 5.91 Å². The summed E-state index contributed by atoms with van der Waals surface area (Å²) in [6, 6.07) is 3.04. The number of aromatic nitrogens is 2. The maximum Gasteiger partial charge on any atom is 0.352 e. The van der Waals surface area contributed by atoms with Gasteiger partial charge in [-0.2, -0.15) is 0 Å². The van der Waals surface area contributed by atoms with Crippen LogP contribution >= 0.6 is 46.4 Å². The summed E-state index contributed by atoms with van der Waals surface area (Å²) in [6.45, 7) is 1.91. The zero-order valence-corrected chi connectivity index (χ0v) is 18.4. The van der Waals surface area contributed by atoms with Crippen molar-refractivity contribution in [2.24, 2.45) is 0 Å². The van der Waals surface area contributed by atoms with E-state index in [1.165, 1.54) is 51.3 Å². The zero-order chi connectivity index (χ0) is 20.5. The number of nitrogens with one attached hydrogen (secondary N) is 1. The number of carboxylic acids is 1. The molecule has 2 N–H and O–H groups in total. The molecule has 0 aromatic carbocycles. The fourth-order valence-electron chi connectivity index (χ4n) is 3.10. The Bertz CT molecular complexity index is 987. The van der Waals surface area contributed by atoms with Crippen LogP contribution in [-0.2, 0) is 20.8 Å². The molecule has 2 aromatic heterocycles. The number of carboxylic acid groups (broad SMARTS) is 1. The molecule has 12 heteroatoms. The van der Waals surface area contributed by atoms with Crippen LogP contribution in [0.25, 0.3) is 0 Å². The third-order valence-electron chi connectivity index (χ3n) is 4.47. The van der Waals surface area contributed by atoms with Gasteiger partial charge in [-0.05, 0) is 35.5 Å². The van der Waals surface area contributed by atoms with Gasteiger partial charge in [-0.25, -0.2) is 4.79 Å². The summed E-state index contributed by atoms with van der Waals surface area (Å²) in [4.78, 5) is 40.0. The molecule has 8 nitrogen and oxygen atoms in total. The van der Waals surface area contributed by atoms with E-state index in [0.29, 0.717) is 17.1 Å². The van der Waals surface area contributed by atoms with Crippen molar-refractivity contribution in [2.75, 3.05) is 11.5 Å². The van der Waals surface area contributed by atoms with Crippen LogP contribution in [0.5, 0.6) is 0 Å². The molecular weight excluding hydrogens is 452 g/mol. The van der Waals surface area contributed by atoms with E-state index in [-0.39, 0.29) is 23.9 Å². The number of rotatable bonds is 7. The molecular formula is C17H16N4O4S4. The summed E-state index contributed by atoms with van der Waals surface area (Å²) in [5.41, 5.74) is 0.698. The van der Waals surface area contributed by atoms with Gasteiger partial charge in [-0.15, -0.1) is 28.2 Å². The lowest BCUT2D eigenvalue weighted by atomic mass is 10.0. The Morgan fingerprint density at radius 3 is 2.93 bits per heavy atom. The molecule has 4 rings (SSSR count). The van der Waals surface area contributed by atoms with Gasteiger partial charge in [0.05, 0.1) is 11.3 Å². The fourth-order valence-corrected chi connectivity index (χ4v) is 6.84. The molecule has 152 valence electrons. The molecule has 0 radical (unpaired) electrons. The molecule has 2 aliphatic rings. The highest BCUT2D eigenvalue weighted by Gasteiger charge is 2.54. The largest absolute Gasteiger partial charge is 0.477 e. The first-order valence-corrected chi connectivity index (χ1v) is 12.3. The molecule has 1 fully saturated rings. The first-order chi connectivity index (χ1) is 14.0. The molecule has 2 amide bonds. The highest BCUT2D eigenvalue weighted by Crippen LogP contribution is 2.41. The van der Waals surface area contributed by atoms with Gasteiger partial charge >= 0.3 is 5.97 Å². The van der Waals surface area contributed by atoms with Crippen molar-refractivity contribution in [1.29, 1.82) is 0 Å². The minimum absolute atomic E-state index is 0.0239. The van der Waals surface area contributed by atoms with Crippen LogP contribution in [0.15, 0.2) is 33.8 Å². The Balaban J connectivity index is 1.45. The van der Waals surface area contributed by atoms with Crippen molar-refractivity contribution >= 4 is 64.2 Å². The number of hydrogen-bond acceptors (Lipinski definition) is 9. The molecule has 4 heterocycles. The van der Waals surface area contributed by atoms with Crippen LogP contribution in [0.1, 0.15) is 9.75 Å².